The number of rotatable bonds is 7. The predicted molar refractivity (Wildman–Crippen MR) is 129 cm³/mol. The quantitative estimate of drug-likeness (QED) is 0.654. The number of hydrogen-bond donors (Lipinski definition) is 1. The van der Waals surface area contributed by atoms with E-state index in [9.17, 15) is 9.59 Å². The Kier molecular flexibility index (Phi) is 8.27. The molecule has 0 radical (unpaired) electrons. The molecule has 2 aromatic rings. The number of anilines is 1. The van der Waals surface area contributed by atoms with Crippen LogP contribution in [0.2, 0.25) is 0 Å². The van der Waals surface area contributed by atoms with E-state index in [-0.39, 0.29) is 18.6 Å². The fraction of sp³-hybridized carbons (Fsp3) is 0.583. The van der Waals surface area contributed by atoms with Crippen LogP contribution < -0.4 is 10.2 Å². The smallest absolute Gasteiger partial charge is 0.410 e. The monoisotopic (exact) mass is 473 g/mol. The van der Waals surface area contributed by atoms with Crippen molar-refractivity contribution >= 4 is 28.9 Å². The minimum absolute atomic E-state index is 0.261. The van der Waals surface area contributed by atoms with Crippen LogP contribution in [0.25, 0.3) is 11.0 Å². The first-order valence-electron chi connectivity index (χ1n) is 11.5. The molecule has 0 aliphatic carbocycles. The lowest BCUT2D eigenvalue weighted by Crippen LogP contribution is -2.39. The van der Waals surface area contributed by atoms with Gasteiger partial charge in [0.25, 0.3) is 5.91 Å². The van der Waals surface area contributed by atoms with Gasteiger partial charge in [-0.1, -0.05) is 0 Å². The van der Waals surface area contributed by atoms with Crippen molar-refractivity contribution < 1.29 is 23.8 Å². The van der Waals surface area contributed by atoms with E-state index >= 15 is 0 Å². The van der Waals surface area contributed by atoms with Gasteiger partial charge in [-0.15, -0.1) is 0 Å². The number of methoxy groups -OCH3 is 1. The van der Waals surface area contributed by atoms with Crippen molar-refractivity contribution in [3.63, 3.8) is 0 Å². The van der Waals surface area contributed by atoms with E-state index in [1.54, 1.807) is 32.5 Å². The van der Waals surface area contributed by atoms with Crippen molar-refractivity contribution in [2.45, 2.75) is 39.4 Å². The molecule has 1 saturated heterocycles. The highest BCUT2D eigenvalue weighted by molar-refractivity contribution is 5.98. The zero-order valence-electron chi connectivity index (χ0n) is 20.9. The fourth-order valence-corrected chi connectivity index (χ4v) is 3.52. The highest BCUT2D eigenvalue weighted by atomic mass is 16.6. The first kappa shape index (κ1) is 25.6. The topological polar surface area (TPSA) is 106 Å². The Labute approximate surface area is 200 Å². The number of amides is 2. The molecule has 1 atom stereocenters. The number of nitrogens with one attached hydrogen (secondary N) is 1. The molecule has 1 aromatic carbocycles. The van der Waals surface area contributed by atoms with Crippen molar-refractivity contribution in [3.05, 3.63) is 29.5 Å². The van der Waals surface area contributed by atoms with Gasteiger partial charge in [-0.05, 0) is 39.8 Å². The van der Waals surface area contributed by atoms with Gasteiger partial charge in [0.05, 0.1) is 36.5 Å². The molecule has 10 nitrogen and oxygen atoms in total. The van der Waals surface area contributed by atoms with Crippen LogP contribution in [-0.4, -0.2) is 86.0 Å². The molecule has 186 valence electrons. The lowest BCUT2D eigenvalue weighted by molar-refractivity contribution is 0.0299. The third-order valence-electron chi connectivity index (χ3n) is 5.49. The Bertz CT molecular complexity index is 1020. The zero-order chi connectivity index (χ0) is 24.9. The number of morpholine rings is 1. The summed E-state index contributed by atoms with van der Waals surface area (Å²) in [5.41, 5.74) is 2.00. The predicted octanol–water partition coefficient (Wildman–Crippen LogP) is 2.77. The second-order valence-corrected chi connectivity index (χ2v) is 9.30. The van der Waals surface area contributed by atoms with Crippen LogP contribution in [0.5, 0.6) is 0 Å². The van der Waals surface area contributed by atoms with E-state index in [0.717, 1.165) is 24.5 Å². The van der Waals surface area contributed by atoms with Crippen LogP contribution in [0.4, 0.5) is 10.6 Å². The van der Waals surface area contributed by atoms with E-state index in [1.165, 1.54) is 4.90 Å². The minimum atomic E-state index is -0.573. The summed E-state index contributed by atoms with van der Waals surface area (Å²) < 4.78 is 16.3. The molecule has 0 bridgehead atoms. The normalized spacial score (nSPS) is 15.2. The van der Waals surface area contributed by atoms with E-state index in [0.29, 0.717) is 36.4 Å². The number of ether oxygens (including phenoxy) is 3. The van der Waals surface area contributed by atoms with Gasteiger partial charge in [0.15, 0.2) is 0 Å². The number of hydrogen-bond acceptors (Lipinski definition) is 8. The SMILES string of the molecule is COC(C)c1cc(C(=O)NCCN(C)C(=O)OC(C)(C)C)cc2ncc(N3CCOCC3)nc12. The number of aromatic nitrogens is 2. The first-order chi connectivity index (χ1) is 16.1. The Morgan fingerprint density at radius 1 is 1.26 bits per heavy atom. The maximum atomic E-state index is 12.9. The van der Waals surface area contributed by atoms with Gasteiger partial charge in [-0.2, -0.15) is 0 Å². The number of nitrogens with zero attached hydrogens (tertiary/aromatic N) is 4. The number of carbonyl (C=O) groups excluding carboxylic acids is 2. The van der Waals surface area contributed by atoms with Crippen LogP contribution in [0, 0.1) is 0 Å². The van der Waals surface area contributed by atoms with Gasteiger partial charge in [0.2, 0.25) is 0 Å². The molecule has 1 aliphatic rings. The molecule has 10 heteroatoms. The number of likely N-dealkylation sites (N-methyl/N-ethyl adjacent to an activating group) is 1. The molecule has 1 aromatic heterocycles. The van der Waals surface area contributed by atoms with Gasteiger partial charge in [-0.25, -0.2) is 9.78 Å². The van der Waals surface area contributed by atoms with Crippen LogP contribution in [0.1, 0.15) is 49.7 Å². The number of benzene rings is 1. The van der Waals surface area contributed by atoms with Gasteiger partial charge in [0, 0.05) is 51.5 Å². The lowest BCUT2D eigenvalue weighted by atomic mass is 10.0. The zero-order valence-corrected chi connectivity index (χ0v) is 20.9. The molecule has 1 N–H and O–H groups in total. The van der Waals surface area contributed by atoms with E-state index in [2.05, 4.69) is 15.2 Å². The molecule has 1 fully saturated rings. The minimum Gasteiger partial charge on any atom is -0.444 e. The fourth-order valence-electron chi connectivity index (χ4n) is 3.52. The summed E-state index contributed by atoms with van der Waals surface area (Å²) in [6.07, 6.45) is 1.02. The van der Waals surface area contributed by atoms with Crippen molar-refractivity contribution in [1.82, 2.24) is 20.2 Å². The molecular formula is C24H35N5O5. The summed E-state index contributed by atoms with van der Waals surface area (Å²) in [6.45, 7) is 10.8. The van der Waals surface area contributed by atoms with Crippen molar-refractivity contribution in [2.75, 3.05) is 58.5 Å². The summed E-state index contributed by atoms with van der Waals surface area (Å²) in [5, 5.41) is 2.86. The van der Waals surface area contributed by atoms with Crippen LogP contribution in [0.15, 0.2) is 18.3 Å². The summed E-state index contributed by atoms with van der Waals surface area (Å²) in [4.78, 5) is 38.0. The van der Waals surface area contributed by atoms with Gasteiger partial charge < -0.3 is 29.3 Å². The molecule has 0 spiro atoms. The molecule has 3 rings (SSSR count). The summed E-state index contributed by atoms with van der Waals surface area (Å²) in [6, 6.07) is 3.52. The summed E-state index contributed by atoms with van der Waals surface area (Å²) >= 11 is 0. The van der Waals surface area contributed by atoms with Crippen LogP contribution >= 0.6 is 0 Å². The van der Waals surface area contributed by atoms with Gasteiger partial charge in [-0.3, -0.25) is 9.78 Å². The number of fused-ring (bicyclic) bond motifs is 1. The van der Waals surface area contributed by atoms with Gasteiger partial charge >= 0.3 is 6.09 Å². The van der Waals surface area contributed by atoms with E-state index < -0.39 is 11.7 Å². The molecular weight excluding hydrogens is 438 g/mol. The second-order valence-electron chi connectivity index (χ2n) is 9.30. The molecule has 1 unspecified atom stereocenters. The molecule has 2 amide bonds. The Morgan fingerprint density at radius 2 is 1.97 bits per heavy atom. The highest BCUT2D eigenvalue weighted by Crippen LogP contribution is 2.27. The van der Waals surface area contributed by atoms with Crippen molar-refractivity contribution in [1.29, 1.82) is 0 Å². The highest BCUT2D eigenvalue weighted by Gasteiger charge is 2.21. The average molecular weight is 474 g/mol. The molecule has 2 heterocycles. The summed E-state index contributed by atoms with van der Waals surface area (Å²) in [5.74, 6) is 0.519. The number of carbonyl (C=O) groups is 2. The van der Waals surface area contributed by atoms with Crippen LogP contribution in [-0.2, 0) is 14.2 Å². The Morgan fingerprint density at radius 3 is 2.62 bits per heavy atom. The molecule has 1 aliphatic heterocycles. The van der Waals surface area contributed by atoms with Crippen molar-refractivity contribution in [3.8, 4) is 0 Å². The maximum absolute atomic E-state index is 12.9. The first-order valence-corrected chi connectivity index (χ1v) is 11.5. The van der Waals surface area contributed by atoms with Gasteiger partial charge in [0.1, 0.15) is 11.4 Å². The standard InChI is InChI=1S/C24H35N5O5/c1-16(32-6)18-13-17(22(30)25-7-8-28(5)23(31)34-24(2,3)4)14-19-21(18)27-20(15-26-19)29-9-11-33-12-10-29/h13-16H,7-12H2,1-6H3,(H,25,30). The molecule has 34 heavy (non-hydrogen) atoms. The molecule has 0 saturated carbocycles. The average Bonchev–Trinajstić information content (AvgIpc) is 2.81. The third-order valence-corrected chi connectivity index (χ3v) is 5.49. The van der Waals surface area contributed by atoms with E-state index in [4.69, 9.17) is 19.2 Å². The Balaban J connectivity index is 1.75. The lowest BCUT2D eigenvalue weighted by Gasteiger charge is -2.28. The third kappa shape index (κ3) is 6.54. The second kappa shape index (κ2) is 11.0. The largest absolute Gasteiger partial charge is 0.444 e. The summed E-state index contributed by atoms with van der Waals surface area (Å²) in [7, 11) is 3.26. The van der Waals surface area contributed by atoms with Crippen LogP contribution in [0.3, 0.4) is 0 Å². The van der Waals surface area contributed by atoms with E-state index in [1.807, 2.05) is 27.7 Å². The van der Waals surface area contributed by atoms with Crippen molar-refractivity contribution in [2.24, 2.45) is 0 Å². The maximum Gasteiger partial charge on any atom is 0.410 e. The Hall–Kier alpha value is -2.98.